The molecule has 5 nitrogen and oxygen atoms in total. The zero-order valence-corrected chi connectivity index (χ0v) is 25.5. The van der Waals surface area contributed by atoms with Crippen molar-refractivity contribution < 1.29 is 27.8 Å². The van der Waals surface area contributed by atoms with Crippen LogP contribution in [0.15, 0.2) is 85.5 Å². The predicted octanol–water partition coefficient (Wildman–Crippen LogP) is 8.36. The van der Waals surface area contributed by atoms with Crippen LogP contribution >= 0.6 is 0 Å². The second-order valence-electron chi connectivity index (χ2n) is 11.7. The van der Waals surface area contributed by atoms with Gasteiger partial charge in [-0.3, -0.25) is 4.79 Å². The van der Waals surface area contributed by atoms with Gasteiger partial charge in [-0.2, -0.15) is 0 Å². The van der Waals surface area contributed by atoms with E-state index < -0.39 is 38.2 Å². The highest BCUT2D eigenvalue weighted by Gasteiger charge is 2.40. The average Bonchev–Trinajstić information content (AvgIpc) is 2.92. The molecule has 0 aliphatic heterocycles. The van der Waals surface area contributed by atoms with Gasteiger partial charge in [0.25, 0.3) is 0 Å². The van der Waals surface area contributed by atoms with Gasteiger partial charge in [0.2, 0.25) is 5.91 Å². The van der Waals surface area contributed by atoms with E-state index >= 15 is 0 Å². The first-order valence-corrected chi connectivity index (χ1v) is 16.7. The molecular formula is C33H41F2NO4Si. The summed E-state index contributed by atoms with van der Waals surface area (Å²) in [4.78, 5) is 13.6. The normalized spacial score (nSPS) is 14.1. The van der Waals surface area contributed by atoms with Crippen LogP contribution < -0.4 is 10.1 Å². The van der Waals surface area contributed by atoms with Crippen molar-refractivity contribution in [3.8, 4) is 5.75 Å². The van der Waals surface area contributed by atoms with Crippen molar-refractivity contribution in [3.05, 3.63) is 108 Å². The number of anilines is 1. The highest BCUT2D eigenvalue weighted by Crippen LogP contribution is 2.42. The molecule has 220 valence electrons. The van der Waals surface area contributed by atoms with Gasteiger partial charge in [0.15, 0.2) is 8.32 Å². The van der Waals surface area contributed by atoms with Gasteiger partial charge in [0.05, 0.1) is 18.1 Å². The maximum atomic E-state index is 13.8. The van der Waals surface area contributed by atoms with E-state index in [4.69, 9.17) is 9.16 Å². The summed E-state index contributed by atoms with van der Waals surface area (Å²) >= 11 is 0. The number of carbonyl (C=O) groups is 1. The van der Waals surface area contributed by atoms with Crippen LogP contribution in [0.25, 0.3) is 0 Å². The molecule has 3 atom stereocenters. The lowest BCUT2D eigenvalue weighted by molar-refractivity contribution is -0.124. The second-order valence-corrected chi connectivity index (χ2v) is 16.5. The zero-order valence-electron chi connectivity index (χ0n) is 24.5. The molecule has 2 N–H and O–H groups in total. The lowest BCUT2D eigenvalue weighted by Crippen LogP contribution is -2.42. The Hall–Kier alpha value is -3.33. The fourth-order valence-corrected chi connectivity index (χ4v) is 5.50. The van der Waals surface area contributed by atoms with Gasteiger partial charge in [-0.25, -0.2) is 8.78 Å². The molecule has 0 spiro atoms. The van der Waals surface area contributed by atoms with Gasteiger partial charge in [0, 0.05) is 5.69 Å². The maximum absolute atomic E-state index is 13.8. The molecule has 3 aromatic rings. The molecule has 0 saturated heterocycles. The molecular weight excluding hydrogens is 540 g/mol. The Morgan fingerprint density at radius 1 is 0.927 bits per heavy atom. The van der Waals surface area contributed by atoms with Crippen molar-refractivity contribution in [3.63, 3.8) is 0 Å². The molecule has 0 aromatic heterocycles. The Labute approximate surface area is 243 Å². The molecule has 0 radical (unpaired) electrons. The Morgan fingerprint density at radius 3 is 2.00 bits per heavy atom. The first kappa shape index (κ1) is 32.2. The van der Waals surface area contributed by atoms with E-state index in [-0.39, 0.29) is 17.3 Å². The highest BCUT2D eigenvalue weighted by atomic mass is 28.4. The van der Waals surface area contributed by atoms with Gasteiger partial charge >= 0.3 is 0 Å². The molecule has 0 aliphatic carbocycles. The molecule has 1 amide bonds. The molecule has 41 heavy (non-hydrogen) atoms. The summed E-state index contributed by atoms with van der Waals surface area (Å²) in [6, 6.07) is 18.6. The number of amides is 1. The maximum Gasteiger partial charge on any atom is 0.230 e. The predicted molar refractivity (Wildman–Crippen MR) is 162 cm³/mol. The topological polar surface area (TPSA) is 67.8 Å². The van der Waals surface area contributed by atoms with Gasteiger partial charge in [0.1, 0.15) is 24.0 Å². The number of aliphatic hydroxyl groups excluding tert-OH is 1. The summed E-state index contributed by atoms with van der Waals surface area (Å²) in [5.74, 6) is -1.39. The summed E-state index contributed by atoms with van der Waals surface area (Å²) in [6.45, 7) is 14.7. The van der Waals surface area contributed by atoms with Crippen LogP contribution in [0.2, 0.25) is 18.1 Å². The number of ether oxygens (including phenoxy) is 1. The largest absolute Gasteiger partial charge is 0.490 e. The first-order chi connectivity index (χ1) is 19.3. The second kappa shape index (κ2) is 14.0. The van der Waals surface area contributed by atoms with Crippen LogP contribution in [0.4, 0.5) is 14.5 Å². The molecule has 0 fully saturated rings. The van der Waals surface area contributed by atoms with Crippen LogP contribution in [0.1, 0.15) is 56.9 Å². The van der Waals surface area contributed by atoms with E-state index in [0.29, 0.717) is 30.0 Å². The van der Waals surface area contributed by atoms with E-state index in [1.54, 1.807) is 42.5 Å². The fourth-order valence-electron chi connectivity index (χ4n) is 4.18. The fraction of sp³-hybridized carbons (Fsp3) is 0.364. The smallest absolute Gasteiger partial charge is 0.230 e. The molecule has 8 heteroatoms. The third kappa shape index (κ3) is 9.08. The number of hydrogen-bond acceptors (Lipinski definition) is 4. The van der Waals surface area contributed by atoms with Crippen molar-refractivity contribution in [2.24, 2.45) is 5.92 Å². The van der Waals surface area contributed by atoms with Crippen molar-refractivity contribution in [1.29, 1.82) is 0 Å². The number of hydrogen-bond donors (Lipinski definition) is 2. The van der Waals surface area contributed by atoms with Crippen LogP contribution in [0, 0.1) is 17.6 Å². The van der Waals surface area contributed by atoms with Crippen LogP contribution in [-0.4, -0.2) is 25.9 Å². The number of benzene rings is 3. The summed E-state index contributed by atoms with van der Waals surface area (Å²) in [5, 5.41) is 14.2. The summed E-state index contributed by atoms with van der Waals surface area (Å²) in [6.07, 6.45) is 0.795. The van der Waals surface area contributed by atoms with Crippen LogP contribution in [0.3, 0.4) is 0 Å². The quantitative estimate of drug-likeness (QED) is 0.157. The minimum absolute atomic E-state index is 0.0699. The third-order valence-corrected chi connectivity index (χ3v) is 12.1. The first-order valence-electron chi connectivity index (χ1n) is 13.8. The Balaban J connectivity index is 1.90. The number of rotatable bonds is 13. The van der Waals surface area contributed by atoms with E-state index in [0.717, 1.165) is 5.56 Å². The molecule has 3 rings (SSSR count). The summed E-state index contributed by atoms with van der Waals surface area (Å²) in [7, 11) is -2.25. The van der Waals surface area contributed by atoms with Crippen molar-refractivity contribution >= 4 is 19.9 Å². The number of nitrogens with one attached hydrogen (secondary N) is 1. The van der Waals surface area contributed by atoms with E-state index in [2.05, 4.69) is 45.8 Å². The van der Waals surface area contributed by atoms with Gasteiger partial charge in [-0.15, -0.1) is 0 Å². The van der Waals surface area contributed by atoms with Crippen molar-refractivity contribution in [2.75, 3.05) is 11.9 Å². The Kier molecular flexibility index (Phi) is 11.0. The monoisotopic (exact) mass is 581 g/mol. The van der Waals surface area contributed by atoms with Crippen LogP contribution in [-0.2, 0) is 9.22 Å². The Morgan fingerprint density at radius 2 is 1.46 bits per heavy atom. The van der Waals surface area contributed by atoms with E-state index in [9.17, 15) is 18.7 Å². The third-order valence-electron chi connectivity index (χ3n) is 7.64. The van der Waals surface area contributed by atoms with E-state index in [1.165, 1.54) is 36.4 Å². The lowest BCUT2D eigenvalue weighted by Gasteiger charge is -2.40. The molecule has 0 saturated carbocycles. The zero-order chi connectivity index (χ0) is 30.2. The highest BCUT2D eigenvalue weighted by molar-refractivity contribution is 6.74. The molecule has 0 heterocycles. The van der Waals surface area contributed by atoms with Gasteiger partial charge in [-0.05, 0) is 90.6 Å². The minimum Gasteiger partial charge on any atom is -0.490 e. The molecule has 0 unspecified atom stereocenters. The van der Waals surface area contributed by atoms with Crippen molar-refractivity contribution in [1.82, 2.24) is 0 Å². The number of aliphatic hydroxyl groups is 1. The summed E-state index contributed by atoms with van der Waals surface area (Å²) < 4.78 is 39.5. The molecule has 0 bridgehead atoms. The lowest BCUT2D eigenvalue weighted by atomic mass is 9.88. The molecule has 3 aromatic carbocycles. The Bertz CT molecular complexity index is 1270. The average molecular weight is 582 g/mol. The molecule has 0 aliphatic rings. The standard InChI is InChI=1S/C33H41F2NO4Si/c1-7-22-39-28-18-10-24(11-19-28)31(37)29(32(38)36-27-16-14-26(35)15-17-27)20-21-30(23-8-12-25(34)13-9-23)40-41(5,6)33(2,3)4/h7-19,29-31,37H,1,20-22H2,2-6H3,(H,36,38)/t29-,30+,31+/m1/s1. The van der Waals surface area contributed by atoms with E-state index in [1.807, 2.05) is 0 Å². The SMILES string of the molecule is C=CCOc1ccc([C@H](O)[C@@H](CC[C@H](O[Si](C)(C)C(C)(C)C)c2ccc(F)cc2)C(=O)Nc2ccc(F)cc2)cc1. The summed E-state index contributed by atoms with van der Waals surface area (Å²) in [5.41, 5.74) is 1.79. The number of halogens is 2. The van der Waals surface area contributed by atoms with Gasteiger partial charge in [-0.1, -0.05) is 57.7 Å². The van der Waals surface area contributed by atoms with Crippen molar-refractivity contribution in [2.45, 2.75) is 64.0 Å². The number of carbonyl (C=O) groups excluding carboxylic acids is 1. The minimum atomic E-state index is -2.25. The van der Waals surface area contributed by atoms with Gasteiger partial charge < -0.3 is 19.6 Å². The van der Waals surface area contributed by atoms with Crippen LogP contribution in [0.5, 0.6) is 5.75 Å².